The Morgan fingerprint density at radius 1 is 1.33 bits per heavy atom. The second-order valence-electron chi connectivity index (χ2n) is 4.58. The first-order valence-corrected chi connectivity index (χ1v) is 6.89. The highest BCUT2D eigenvalue weighted by Gasteiger charge is 2.19. The number of anilines is 1. The molecular formula is C15H15ClN2O3. The number of nitro benzene ring substituents is 1. The minimum absolute atomic E-state index is 0.0867. The Labute approximate surface area is 127 Å². The zero-order valence-corrected chi connectivity index (χ0v) is 12.2. The van der Waals surface area contributed by atoms with Crippen LogP contribution in [-0.2, 0) is 0 Å². The van der Waals surface area contributed by atoms with E-state index in [1.54, 1.807) is 30.3 Å². The van der Waals surface area contributed by atoms with Gasteiger partial charge in [0.2, 0.25) is 0 Å². The second-order valence-corrected chi connectivity index (χ2v) is 5.02. The summed E-state index contributed by atoms with van der Waals surface area (Å²) in [7, 11) is 0. The van der Waals surface area contributed by atoms with E-state index in [2.05, 4.69) is 5.32 Å². The molecule has 0 amide bonds. The molecule has 0 spiro atoms. The minimum atomic E-state index is -0.480. The number of rotatable bonds is 5. The van der Waals surface area contributed by atoms with Crippen LogP contribution in [0.3, 0.4) is 0 Å². The summed E-state index contributed by atoms with van der Waals surface area (Å²) in [6, 6.07) is 11.2. The van der Waals surface area contributed by atoms with Gasteiger partial charge in [-0.1, -0.05) is 36.7 Å². The lowest BCUT2D eigenvalue weighted by Gasteiger charge is -2.19. The van der Waals surface area contributed by atoms with E-state index in [0.29, 0.717) is 22.7 Å². The average molecular weight is 307 g/mol. The van der Waals surface area contributed by atoms with Crippen molar-refractivity contribution in [2.24, 2.45) is 0 Å². The Balaban J connectivity index is 2.36. The van der Waals surface area contributed by atoms with Crippen molar-refractivity contribution in [3.8, 4) is 5.75 Å². The van der Waals surface area contributed by atoms with E-state index < -0.39 is 4.92 Å². The predicted molar refractivity (Wildman–Crippen MR) is 82.9 cm³/mol. The van der Waals surface area contributed by atoms with E-state index in [1.807, 2.05) is 13.0 Å². The first kappa shape index (κ1) is 15.1. The number of para-hydroxylation sites is 1. The fraction of sp³-hybridized carbons (Fsp3) is 0.200. The van der Waals surface area contributed by atoms with Crippen molar-refractivity contribution in [3.63, 3.8) is 0 Å². The molecule has 2 rings (SSSR count). The number of nitro groups is 1. The maximum Gasteiger partial charge on any atom is 0.293 e. The molecule has 0 heterocycles. The second kappa shape index (κ2) is 6.45. The van der Waals surface area contributed by atoms with Gasteiger partial charge in [0, 0.05) is 16.7 Å². The highest BCUT2D eigenvalue weighted by Crippen LogP contribution is 2.34. The van der Waals surface area contributed by atoms with Gasteiger partial charge >= 0.3 is 0 Å². The Morgan fingerprint density at radius 3 is 2.67 bits per heavy atom. The van der Waals surface area contributed by atoms with Crippen molar-refractivity contribution in [3.05, 3.63) is 63.2 Å². The number of aromatic hydroxyl groups is 1. The summed E-state index contributed by atoms with van der Waals surface area (Å²) < 4.78 is 0. The fourth-order valence-corrected chi connectivity index (χ4v) is 2.31. The number of nitrogens with zero attached hydrogens (tertiary/aromatic N) is 1. The van der Waals surface area contributed by atoms with Crippen LogP contribution in [0.1, 0.15) is 24.9 Å². The quantitative estimate of drug-likeness (QED) is 0.629. The van der Waals surface area contributed by atoms with Crippen LogP contribution in [0.25, 0.3) is 0 Å². The van der Waals surface area contributed by atoms with E-state index in [4.69, 9.17) is 11.6 Å². The molecule has 21 heavy (non-hydrogen) atoms. The number of hydrogen-bond donors (Lipinski definition) is 2. The van der Waals surface area contributed by atoms with Gasteiger partial charge in [-0.05, 0) is 24.6 Å². The van der Waals surface area contributed by atoms with Gasteiger partial charge in [0.1, 0.15) is 11.4 Å². The number of phenolic OH excluding ortho intramolecular Hbond substituents is 1. The number of nitrogens with one attached hydrogen (secondary N) is 1. The number of benzene rings is 2. The maximum atomic E-state index is 11.1. The SMILES string of the molecule is CCC(Nc1ccc(Cl)cc1[N+](=O)[O-])c1ccccc1O. The molecule has 0 aliphatic heterocycles. The topological polar surface area (TPSA) is 75.4 Å². The van der Waals surface area contributed by atoms with Gasteiger partial charge in [0.25, 0.3) is 5.69 Å². The summed E-state index contributed by atoms with van der Waals surface area (Å²) in [5.74, 6) is 0.161. The summed E-state index contributed by atoms with van der Waals surface area (Å²) >= 11 is 5.80. The summed E-state index contributed by atoms with van der Waals surface area (Å²) in [6.45, 7) is 1.94. The van der Waals surface area contributed by atoms with Crippen molar-refractivity contribution in [2.45, 2.75) is 19.4 Å². The molecule has 6 heteroatoms. The highest BCUT2D eigenvalue weighted by molar-refractivity contribution is 6.30. The largest absolute Gasteiger partial charge is 0.508 e. The van der Waals surface area contributed by atoms with Gasteiger partial charge in [0.15, 0.2) is 0 Å². The molecule has 1 unspecified atom stereocenters. The zero-order valence-electron chi connectivity index (χ0n) is 11.4. The molecule has 0 fully saturated rings. The number of halogens is 1. The number of hydrogen-bond acceptors (Lipinski definition) is 4. The van der Waals surface area contributed by atoms with Gasteiger partial charge in [-0.25, -0.2) is 0 Å². The predicted octanol–water partition coefficient (Wildman–Crippen LogP) is 4.52. The zero-order chi connectivity index (χ0) is 15.4. The van der Waals surface area contributed by atoms with Crippen LogP contribution in [0.4, 0.5) is 11.4 Å². The van der Waals surface area contributed by atoms with Gasteiger partial charge in [-0.2, -0.15) is 0 Å². The van der Waals surface area contributed by atoms with Crippen LogP contribution in [0.5, 0.6) is 5.75 Å². The molecule has 5 nitrogen and oxygen atoms in total. The summed E-state index contributed by atoms with van der Waals surface area (Å²) in [5.41, 5.74) is 0.986. The van der Waals surface area contributed by atoms with Gasteiger partial charge < -0.3 is 10.4 Å². The molecule has 0 bridgehead atoms. The lowest BCUT2D eigenvalue weighted by atomic mass is 10.0. The molecule has 0 aromatic heterocycles. The van der Waals surface area contributed by atoms with Crippen LogP contribution < -0.4 is 5.32 Å². The monoisotopic (exact) mass is 306 g/mol. The van der Waals surface area contributed by atoms with E-state index >= 15 is 0 Å². The normalized spacial score (nSPS) is 11.9. The molecule has 2 aromatic rings. The van der Waals surface area contributed by atoms with Crippen LogP contribution in [-0.4, -0.2) is 10.0 Å². The molecule has 110 valence electrons. The fourth-order valence-electron chi connectivity index (χ4n) is 2.15. The Kier molecular flexibility index (Phi) is 4.65. The average Bonchev–Trinajstić information content (AvgIpc) is 2.46. The van der Waals surface area contributed by atoms with Crippen molar-refractivity contribution in [1.29, 1.82) is 0 Å². The number of phenols is 1. The van der Waals surface area contributed by atoms with E-state index in [-0.39, 0.29) is 17.5 Å². The summed E-state index contributed by atoms with van der Waals surface area (Å²) in [6.07, 6.45) is 0.664. The Morgan fingerprint density at radius 2 is 2.05 bits per heavy atom. The van der Waals surface area contributed by atoms with Gasteiger partial charge in [-0.15, -0.1) is 0 Å². The van der Waals surface area contributed by atoms with Crippen molar-refractivity contribution in [1.82, 2.24) is 0 Å². The van der Waals surface area contributed by atoms with Crippen LogP contribution in [0.2, 0.25) is 5.02 Å². The lowest BCUT2D eigenvalue weighted by Crippen LogP contribution is -2.11. The third-order valence-corrected chi connectivity index (χ3v) is 3.44. The van der Waals surface area contributed by atoms with Crippen molar-refractivity contribution < 1.29 is 10.0 Å². The first-order chi connectivity index (χ1) is 10.0. The van der Waals surface area contributed by atoms with Crippen LogP contribution in [0.15, 0.2) is 42.5 Å². The van der Waals surface area contributed by atoms with Crippen molar-refractivity contribution >= 4 is 23.0 Å². The smallest absolute Gasteiger partial charge is 0.293 e. The molecule has 0 saturated carbocycles. The molecule has 0 aliphatic rings. The lowest BCUT2D eigenvalue weighted by molar-refractivity contribution is -0.384. The van der Waals surface area contributed by atoms with E-state index in [9.17, 15) is 15.2 Å². The first-order valence-electron chi connectivity index (χ1n) is 6.51. The molecule has 1 atom stereocenters. The maximum absolute atomic E-state index is 11.1. The van der Waals surface area contributed by atoms with Gasteiger partial charge in [0.05, 0.1) is 11.0 Å². The van der Waals surface area contributed by atoms with Gasteiger partial charge in [-0.3, -0.25) is 10.1 Å². The molecular weight excluding hydrogens is 292 g/mol. The third-order valence-electron chi connectivity index (χ3n) is 3.21. The summed E-state index contributed by atoms with van der Waals surface area (Å²) in [4.78, 5) is 10.6. The summed E-state index contributed by atoms with van der Waals surface area (Å²) in [5, 5.41) is 24.4. The standard InChI is InChI=1S/C15H15ClN2O3/c1-2-12(11-5-3-4-6-15(11)19)17-13-8-7-10(16)9-14(13)18(20)21/h3-9,12,17,19H,2H2,1H3. The molecule has 2 aromatic carbocycles. The van der Waals surface area contributed by atoms with E-state index in [0.717, 1.165) is 0 Å². The molecule has 0 radical (unpaired) electrons. The van der Waals surface area contributed by atoms with Crippen molar-refractivity contribution in [2.75, 3.05) is 5.32 Å². The molecule has 0 saturated heterocycles. The highest BCUT2D eigenvalue weighted by atomic mass is 35.5. The van der Waals surface area contributed by atoms with Crippen LogP contribution in [0, 0.1) is 10.1 Å². The Hall–Kier alpha value is -2.27. The molecule has 2 N–H and O–H groups in total. The van der Waals surface area contributed by atoms with Crippen LogP contribution >= 0.6 is 11.6 Å². The minimum Gasteiger partial charge on any atom is -0.508 e. The third kappa shape index (κ3) is 3.44. The molecule has 0 aliphatic carbocycles. The Bertz CT molecular complexity index is 661. The van der Waals surface area contributed by atoms with E-state index in [1.165, 1.54) is 6.07 Å².